The quantitative estimate of drug-likeness (QED) is 0.561. The maximum atomic E-state index is 11.4. The third-order valence-electron chi connectivity index (χ3n) is 2.14. The van der Waals surface area contributed by atoms with Gasteiger partial charge in [0.15, 0.2) is 4.77 Å². The molecule has 0 spiro atoms. The van der Waals surface area contributed by atoms with E-state index in [1.54, 1.807) is 11.7 Å². The van der Waals surface area contributed by atoms with Gasteiger partial charge in [-0.1, -0.05) is 0 Å². The number of carbonyl (C=O) groups excluding carboxylic acids is 1. The van der Waals surface area contributed by atoms with E-state index in [2.05, 4.69) is 15.5 Å². The summed E-state index contributed by atoms with van der Waals surface area (Å²) >= 11 is 5.02. The predicted octanol–water partition coefficient (Wildman–Crippen LogP) is 0.402. The van der Waals surface area contributed by atoms with Crippen molar-refractivity contribution in [2.45, 2.75) is 19.9 Å². The summed E-state index contributed by atoms with van der Waals surface area (Å²) in [6.07, 6.45) is 0.387. The molecule has 16 heavy (non-hydrogen) atoms. The number of aromatic nitrogens is 3. The molecule has 0 saturated carbocycles. The van der Waals surface area contributed by atoms with E-state index in [0.717, 1.165) is 5.82 Å². The normalized spacial score (nSPS) is 10.4. The van der Waals surface area contributed by atoms with Gasteiger partial charge in [-0.3, -0.25) is 9.89 Å². The number of hydrogen-bond acceptors (Lipinski definition) is 4. The molecule has 0 unspecified atom stereocenters. The summed E-state index contributed by atoms with van der Waals surface area (Å²) in [7, 11) is 1.60. The van der Waals surface area contributed by atoms with Crippen LogP contribution in [0.25, 0.3) is 0 Å². The molecule has 0 radical (unpaired) electrons. The fraction of sp³-hybridized carbons (Fsp3) is 0.667. The molecule has 1 rings (SSSR count). The molecular weight excluding hydrogens is 228 g/mol. The minimum atomic E-state index is -0.0143. The van der Waals surface area contributed by atoms with Crippen LogP contribution in [-0.4, -0.2) is 40.9 Å². The van der Waals surface area contributed by atoms with Crippen molar-refractivity contribution in [3.63, 3.8) is 0 Å². The summed E-state index contributed by atoms with van der Waals surface area (Å²) < 4.78 is 7.17. The highest BCUT2D eigenvalue weighted by Crippen LogP contribution is 1.97. The SMILES string of the molecule is COCCNC(=O)CCn1c(C)n[nH]c1=S. The van der Waals surface area contributed by atoms with Gasteiger partial charge in [0.05, 0.1) is 6.61 Å². The first-order chi connectivity index (χ1) is 7.65. The van der Waals surface area contributed by atoms with E-state index in [4.69, 9.17) is 17.0 Å². The highest BCUT2D eigenvalue weighted by molar-refractivity contribution is 7.71. The first-order valence-corrected chi connectivity index (χ1v) is 5.43. The maximum absolute atomic E-state index is 11.4. The minimum Gasteiger partial charge on any atom is -0.383 e. The summed E-state index contributed by atoms with van der Waals surface area (Å²) in [6, 6.07) is 0. The highest BCUT2D eigenvalue weighted by atomic mass is 32.1. The van der Waals surface area contributed by atoms with Crippen molar-refractivity contribution in [2.24, 2.45) is 0 Å². The zero-order valence-electron chi connectivity index (χ0n) is 9.45. The van der Waals surface area contributed by atoms with Gasteiger partial charge in [0.25, 0.3) is 0 Å². The molecule has 0 saturated heterocycles. The van der Waals surface area contributed by atoms with Gasteiger partial charge in [0, 0.05) is 26.6 Å². The van der Waals surface area contributed by atoms with Crippen molar-refractivity contribution in [1.29, 1.82) is 0 Å². The predicted molar refractivity (Wildman–Crippen MR) is 61.7 cm³/mol. The molecular formula is C9H16N4O2S. The topological polar surface area (TPSA) is 71.9 Å². The van der Waals surface area contributed by atoms with Crippen LogP contribution in [0, 0.1) is 11.7 Å². The van der Waals surface area contributed by atoms with Crippen molar-refractivity contribution >= 4 is 18.1 Å². The maximum Gasteiger partial charge on any atom is 0.221 e. The molecule has 1 aromatic heterocycles. The summed E-state index contributed by atoms with van der Waals surface area (Å²) in [5.41, 5.74) is 0. The molecule has 2 N–H and O–H groups in total. The Labute approximate surface area is 99.0 Å². The fourth-order valence-electron chi connectivity index (χ4n) is 1.25. The largest absolute Gasteiger partial charge is 0.383 e. The van der Waals surface area contributed by atoms with Crippen LogP contribution in [0.2, 0.25) is 0 Å². The molecule has 1 amide bonds. The first kappa shape index (κ1) is 12.9. The molecule has 0 aromatic carbocycles. The van der Waals surface area contributed by atoms with E-state index in [1.165, 1.54) is 0 Å². The fourth-order valence-corrected chi connectivity index (χ4v) is 1.52. The Hall–Kier alpha value is -1.21. The van der Waals surface area contributed by atoms with Crippen LogP contribution in [0.15, 0.2) is 0 Å². The molecule has 6 nitrogen and oxygen atoms in total. The van der Waals surface area contributed by atoms with Crippen LogP contribution in [0.1, 0.15) is 12.2 Å². The van der Waals surface area contributed by atoms with Crippen LogP contribution >= 0.6 is 12.2 Å². The summed E-state index contributed by atoms with van der Waals surface area (Å²) in [4.78, 5) is 11.4. The smallest absolute Gasteiger partial charge is 0.221 e. The zero-order chi connectivity index (χ0) is 12.0. The third-order valence-corrected chi connectivity index (χ3v) is 2.45. The van der Waals surface area contributed by atoms with Gasteiger partial charge in [-0.15, -0.1) is 0 Å². The third kappa shape index (κ3) is 3.74. The van der Waals surface area contributed by atoms with E-state index in [-0.39, 0.29) is 5.91 Å². The van der Waals surface area contributed by atoms with Crippen molar-refractivity contribution in [2.75, 3.05) is 20.3 Å². The number of H-pyrrole nitrogens is 1. The standard InChI is InChI=1S/C9H16N4O2S/c1-7-11-12-9(16)13(7)5-3-8(14)10-4-6-15-2/h3-6H2,1-2H3,(H,10,14)(H,12,16). The molecule has 7 heteroatoms. The second-order valence-corrected chi connectivity index (χ2v) is 3.71. The van der Waals surface area contributed by atoms with Crippen molar-refractivity contribution in [1.82, 2.24) is 20.1 Å². The van der Waals surface area contributed by atoms with Crippen LogP contribution in [-0.2, 0) is 16.1 Å². The number of aryl methyl sites for hydroxylation is 1. The number of carbonyl (C=O) groups is 1. The summed E-state index contributed by atoms with van der Waals surface area (Å²) in [5, 5.41) is 9.38. The molecule has 0 aliphatic heterocycles. The number of aromatic amines is 1. The zero-order valence-corrected chi connectivity index (χ0v) is 10.3. The minimum absolute atomic E-state index is 0.0143. The summed E-state index contributed by atoms with van der Waals surface area (Å²) in [6.45, 7) is 3.44. The molecule has 0 aliphatic rings. The number of hydrogen-bond donors (Lipinski definition) is 2. The molecule has 1 aromatic rings. The van der Waals surface area contributed by atoms with Gasteiger partial charge in [-0.25, -0.2) is 0 Å². The lowest BCUT2D eigenvalue weighted by molar-refractivity contribution is -0.121. The van der Waals surface area contributed by atoms with E-state index in [1.807, 2.05) is 6.92 Å². The lowest BCUT2D eigenvalue weighted by atomic mass is 10.4. The van der Waals surface area contributed by atoms with E-state index >= 15 is 0 Å². The van der Waals surface area contributed by atoms with E-state index < -0.39 is 0 Å². The average Bonchev–Trinajstić information content (AvgIpc) is 2.57. The Balaban J connectivity index is 2.34. The van der Waals surface area contributed by atoms with Gasteiger partial charge in [-0.2, -0.15) is 5.10 Å². The van der Waals surface area contributed by atoms with Crippen molar-refractivity contribution < 1.29 is 9.53 Å². The molecule has 0 fully saturated rings. The number of methoxy groups -OCH3 is 1. The van der Waals surface area contributed by atoms with E-state index in [0.29, 0.717) is 30.9 Å². The Bertz CT molecular complexity index is 398. The Morgan fingerprint density at radius 1 is 1.69 bits per heavy atom. The van der Waals surface area contributed by atoms with Crippen LogP contribution in [0.3, 0.4) is 0 Å². The molecule has 90 valence electrons. The monoisotopic (exact) mass is 244 g/mol. The molecule has 0 aliphatic carbocycles. The molecule has 0 bridgehead atoms. The van der Waals surface area contributed by atoms with Gasteiger partial charge in [0.2, 0.25) is 5.91 Å². The van der Waals surface area contributed by atoms with Gasteiger partial charge < -0.3 is 14.6 Å². The average molecular weight is 244 g/mol. The molecule has 1 heterocycles. The Kier molecular flexibility index (Phi) is 5.13. The number of amides is 1. The van der Waals surface area contributed by atoms with Crippen LogP contribution in [0.4, 0.5) is 0 Å². The summed E-state index contributed by atoms with van der Waals surface area (Å²) in [5.74, 6) is 0.772. The number of nitrogens with zero attached hydrogens (tertiary/aromatic N) is 2. The van der Waals surface area contributed by atoms with Crippen LogP contribution in [0.5, 0.6) is 0 Å². The number of rotatable bonds is 6. The lowest BCUT2D eigenvalue weighted by Gasteiger charge is -2.05. The lowest BCUT2D eigenvalue weighted by Crippen LogP contribution is -2.27. The number of nitrogens with one attached hydrogen (secondary N) is 2. The van der Waals surface area contributed by atoms with Crippen molar-refractivity contribution in [3.05, 3.63) is 10.6 Å². The van der Waals surface area contributed by atoms with Gasteiger partial charge in [0.1, 0.15) is 5.82 Å². The number of ether oxygens (including phenoxy) is 1. The Morgan fingerprint density at radius 3 is 3.00 bits per heavy atom. The second-order valence-electron chi connectivity index (χ2n) is 3.32. The molecule has 0 atom stereocenters. The van der Waals surface area contributed by atoms with E-state index in [9.17, 15) is 4.79 Å². The van der Waals surface area contributed by atoms with Gasteiger partial charge >= 0.3 is 0 Å². The van der Waals surface area contributed by atoms with Gasteiger partial charge in [-0.05, 0) is 19.1 Å². The highest BCUT2D eigenvalue weighted by Gasteiger charge is 2.04. The first-order valence-electron chi connectivity index (χ1n) is 5.02. The van der Waals surface area contributed by atoms with Crippen LogP contribution < -0.4 is 5.32 Å². The Morgan fingerprint density at radius 2 is 2.44 bits per heavy atom. The van der Waals surface area contributed by atoms with Crippen molar-refractivity contribution in [3.8, 4) is 0 Å². The second kappa shape index (κ2) is 6.39.